The van der Waals surface area contributed by atoms with Gasteiger partial charge in [-0.25, -0.2) is 0 Å². The molecule has 2 heterocycles. The quantitative estimate of drug-likeness (QED) is 0.770. The van der Waals surface area contributed by atoms with Crippen LogP contribution in [0, 0.1) is 0 Å². The highest BCUT2D eigenvalue weighted by molar-refractivity contribution is 5.82. The number of rotatable bonds is 4. The second-order valence-corrected chi connectivity index (χ2v) is 3.85. The van der Waals surface area contributed by atoms with Crippen LogP contribution in [0.2, 0.25) is 0 Å². The molecule has 2 N–H and O–H groups in total. The van der Waals surface area contributed by atoms with Crippen LogP contribution >= 0.6 is 0 Å². The maximum Gasteiger partial charge on any atom is 0.237 e. The average molecular weight is 224 g/mol. The maximum atomic E-state index is 11.7. The maximum absolute atomic E-state index is 11.7. The molecule has 0 bridgehead atoms. The fourth-order valence-electron chi connectivity index (χ4n) is 1.79. The highest BCUT2D eigenvalue weighted by atomic mass is 16.5. The summed E-state index contributed by atoms with van der Waals surface area (Å²) in [6, 6.07) is 3.48. The van der Waals surface area contributed by atoms with Crippen molar-refractivity contribution < 1.29 is 13.9 Å². The van der Waals surface area contributed by atoms with Gasteiger partial charge in [-0.1, -0.05) is 0 Å². The van der Waals surface area contributed by atoms with Crippen LogP contribution in [0.25, 0.3) is 0 Å². The second kappa shape index (κ2) is 5.14. The normalized spacial score (nSPS) is 24.6. The number of nitrogens with one attached hydrogen (secondary N) is 2. The molecule has 2 rings (SSSR count). The molecule has 1 amide bonds. The lowest BCUT2D eigenvalue weighted by Crippen LogP contribution is -2.39. The van der Waals surface area contributed by atoms with Crippen molar-refractivity contribution in [3.05, 3.63) is 24.2 Å². The molecule has 16 heavy (non-hydrogen) atoms. The molecule has 0 spiro atoms. The first-order valence-electron chi connectivity index (χ1n) is 5.36. The van der Waals surface area contributed by atoms with E-state index in [2.05, 4.69) is 10.6 Å². The molecule has 0 aliphatic carbocycles. The van der Waals surface area contributed by atoms with Crippen LogP contribution in [0.3, 0.4) is 0 Å². The predicted molar refractivity (Wildman–Crippen MR) is 57.8 cm³/mol. The molecule has 1 aliphatic rings. The van der Waals surface area contributed by atoms with Gasteiger partial charge >= 0.3 is 0 Å². The van der Waals surface area contributed by atoms with Crippen LogP contribution in [0.5, 0.6) is 0 Å². The van der Waals surface area contributed by atoms with Crippen LogP contribution in [0.4, 0.5) is 0 Å². The minimum absolute atomic E-state index is 0.00375. The smallest absolute Gasteiger partial charge is 0.237 e. The zero-order valence-corrected chi connectivity index (χ0v) is 9.23. The Balaban J connectivity index is 1.76. The summed E-state index contributed by atoms with van der Waals surface area (Å²) in [7, 11) is 1.66. The number of carbonyl (C=O) groups is 1. The van der Waals surface area contributed by atoms with Crippen molar-refractivity contribution in [1.29, 1.82) is 0 Å². The number of amides is 1. The molecule has 0 radical (unpaired) electrons. The van der Waals surface area contributed by atoms with Crippen molar-refractivity contribution in [2.24, 2.45) is 0 Å². The van der Waals surface area contributed by atoms with Crippen LogP contribution in [-0.2, 0) is 16.1 Å². The molecule has 2 unspecified atom stereocenters. The van der Waals surface area contributed by atoms with Gasteiger partial charge in [0.15, 0.2) is 0 Å². The molecule has 1 aromatic rings. The van der Waals surface area contributed by atoms with Gasteiger partial charge in [0.2, 0.25) is 5.91 Å². The first-order chi connectivity index (χ1) is 7.79. The molecule has 0 aromatic carbocycles. The SMILES string of the molecule is COC1CNC(C(=O)NCc2ccco2)C1. The molecule has 0 saturated carbocycles. The predicted octanol–water partition coefficient (Wildman–Crippen LogP) is 0.273. The summed E-state index contributed by atoms with van der Waals surface area (Å²) in [5.74, 6) is 0.755. The van der Waals surface area contributed by atoms with Gasteiger partial charge < -0.3 is 19.8 Å². The van der Waals surface area contributed by atoms with Crippen LogP contribution in [0.15, 0.2) is 22.8 Å². The number of ether oxygens (including phenoxy) is 1. The van der Waals surface area contributed by atoms with E-state index < -0.39 is 0 Å². The first kappa shape index (κ1) is 11.2. The van der Waals surface area contributed by atoms with E-state index in [9.17, 15) is 4.79 Å². The zero-order valence-electron chi connectivity index (χ0n) is 9.23. The highest BCUT2D eigenvalue weighted by Crippen LogP contribution is 2.09. The Hall–Kier alpha value is -1.33. The van der Waals surface area contributed by atoms with Gasteiger partial charge in [0.25, 0.3) is 0 Å². The van der Waals surface area contributed by atoms with Crippen molar-refractivity contribution in [2.75, 3.05) is 13.7 Å². The van der Waals surface area contributed by atoms with Gasteiger partial charge in [-0.15, -0.1) is 0 Å². The third-order valence-electron chi connectivity index (χ3n) is 2.76. The standard InChI is InChI=1S/C11H16N2O3/c1-15-9-5-10(12-7-9)11(14)13-6-8-3-2-4-16-8/h2-4,9-10,12H,5-7H2,1H3,(H,13,14). The van der Waals surface area contributed by atoms with E-state index in [0.717, 1.165) is 18.7 Å². The Morgan fingerprint density at radius 3 is 3.25 bits per heavy atom. The molecule has 5 heteroatoms. The topological polar surface area (TPSA) is 63.5 Å². The van der Waals surface area contributed by atoms with Crippen molar-refractivity contribution in [3.8, 4) is 0 Å². The summed E-state index contributed by atoms with van der Waals surface area (Å²) in [5, 5.41) is 5.94. The molecule has 1 aromatic heterocycles. The van der Waals surface area contributed by atoms with Crippen LogP contribution < -0.4 is 10.6 Å². The Morgan fingerprint density at radius 1 is 1.75 bits per heavy atom. The van der Waals surface area contributed by atoms with E-state index >= 15 is 0 Å². The molecule has 88 valence electrons. The fourth-order valence-corrected chi connectivity index (χ4v) is 1.79. The highest BCUT2D eigenvalue weighted by Gasteiger charge is 2.28. The van der Waals surface area contributed by atoms with E-state index in [0.29, 0.717) is 6.54 Å². The monoisotopic (exact) mass is 224 g/mol. The van der Waals surface area contributed by atoms with Crippen molar-refractivity contribution in [3.63, 3.8) is 0 Å². The Labute approximate surface area is 94.1 Å². The lowest BCUT2D eigenvalue weighted by Gasteiger charge is -2.10. The summed E-state index contributed by atoms with van der Waals surface area (Å²) < 4.78 is 10.3. The van der Waals surface area contributed by atoms with Gasteiger partial charge in [-0.05, 0) is 18.6 Å². The molecular formula is C11H16N2O3. The third-order valence-corrected chi connectivity index (χ3v) is 2.76. The molecule has 5 nitrogen and oxygen atoms in total. The summed E-state index contributed by atoms with van der Waals surface area (Å²) in [6.07, 6.45) is 2.45. The summed E-state index contributed by atoms with van der Waals surface area (Å²) in [6.45, 7) is 1.16. The molecule has 1 fully saturated rings. The van der Waals surface area contributed by atoms with Crippen LogP contribution in [-0.4, -0.2) is 31.7 Å². The van der Waals surface area contributed by atoms with Gasteiger partial charge in [0, 0.05) is 13.7 Å². The van der Waals surface area contributed by atoms with Crippen LogP contribution in [0.1, 0.15) is 12.2 Å². The van der Waals surface area contributed by atoms with E-state index in [1.807, 2.05) is 6.07 Å². The van der Waals surface area contributed by atoms with Gasteiger partial charge in [0.05, 0.1) is 25.0 Å². The summed E-state index contributed by atoms with van der Waals surface area (Å²) in [4.78, 5) is 11.7. The summed E-state index contributed by atoms with van der Waals surface area (Å²) in [5.41, 5.74) is 0. The number of hydrogen-bond donors (Lipinski definition) is 2. The third kappa shape index (κ3) is 2.62. The number of furan rings is 1. The van der Waals surface area contributed by atoms with Crippen molar-refractivity contribution in [1.82, 2.24) is 10.6 Å². The molecule has 1 aliphatic heterocycles. The van der Waals surface area contributed by atoms with Gasteiger partial charge in [-0.2, -0.15) is 0 Å². The van der Waals surface area contributed by atoms with Gasteiger partial charge in [-0.3, -0.25) is 4.79 Å². The van der Waals surface area contributed by atoms with E-state index in [4.69, 9.17) is 9.15 Å². The Kier molecular flexibility index (Phi) is 3.58. The molecule has 2 atom stereocenters. The van der Waals surface area contributed by atoms with E-state index in [1.165, 1.54) is 0 Å². The Morgan fingerprint density at radius 2 is 2.62 bits per heavy atom. The van der Waals surface area contributed by atoms with Crippen molar-refractivity contribution >= 4 is 5.91 Å². The van der Waals surface area contributed by atoms with E-state index in [-0.39, 0.29) is 18.1 Å². The molecular weight excluding hydrogens is 208 g/mol. The molecule has 1 saturated heterocycles. The van der Waals surface area contributed by atoms with E-state index in [1.54, 1.807) is 19.4 Å². The minimum Gasteiger partial charge on any atom is -0.467 e. The minimum atomic E-state index is -0.153. The zero-order chi connectivity index (χ0) is 11.4. The number of hydrogen-bond acceptors (Lipinski definition) is 4. The average Bonchev–Trinajstić information content (AvgIpc) is 2.96. The lowest BCUT2D eigenvalue weighted by molar-refractivity contribution is -0.123. The fraction of sp³-hybridized carbons (Fsp3) is 0.545. The summed E-state index contributed by atoms with van der Waals surface area (Å²) >= 11 is 0. The van der Waals surface area contributed by atoms with Crippen molar-refractivity contribution in [2.45, 2.75) is 25.1 Å². The number of carbonyl (C=O) groups excluding carboxylic acids is 1. The Bertz CT molecular complexity index is 337. The first-order valence-corrected chi connectivity index (χ1v) is 5.36. The lowest BCUT2D eigenvalue weighted by atomic mass is 10.2. The number of methoxy groups -OCH3 is 1. The van der Waals surface area contributed by atoms with Gasteiger partial charge in [0.1, 0.15) is 5.76 Å². The second-order valence-electron chi connectivity index (χ2n) is 3.85. The largest absolute Gasteiger partial charge is 0.467 e.